The Morgan fingerprint density at radius 1 is 1.03 bits per heavy atom. The summed E-state index contributed by atoms with van der Waals surface area (Å²) >= 11 is 1.29. The molecule has 1 N–H and O–H groups in total. The quantitative estimate of drug-likeness (QED) is 0.547. The SMILES string of the molecule is CCOC(=O)c1cc(-c2ccccc2)sc1NC(=O)c1ccc(CS(C)(=O)=O)cc1. The lowest BCUT2D eigenvalue weighted by molar-refractivity contribution is 0.0528. The van der Waals surface area contributed by atoms with Crippen molar-refractivity contribution in [2.24, 2.45) is 0 Å². The first-order valence-corrected chi connectivity index (χ1v) is 12.1. The van der Waals surface area contributed by atoms with Gasteiger partial charge in [-0.1, -0.05) is 42.5 Å². The van der Waals surface area contributed by atoms with E-state index < -0.39 is 21.7 Å². The predicted molar refractivity (Wildman–Crippen MR) is 119 cm³/mol. The van der Waals surface area contributed by atoms with Crippen LogP contribution in [0.2, 0.25) is 0 Å². The Balaban J connectivity index is 1.86. The highest BCUT2D eigenvalue weighted by Crippen LogP contribution is 2.36. The number of anilines is 1. The molecule has 0 radical (unpaired) electrons. The third kappa shape index (κ3) is 5.55. The minimum absolute atomic E-state index is 0.0900. The van der Waals surface area contributed by atoms with Gasteiger partial charge in [-0.15, -0.1) is 11.3 Å². The molecule has 6 nitrogen and oxygen atoms in total. The van der Waals surface area contributed by atoms with E-state index in [9.17, 15) is 18.0 Å². The topological polar surface area (TPSA) is 89.5 Å². The summed E-state index contributed by atoms with van der Waals surface area (Å²) in [6, 6.07) is 17.6. The highest BCUT2D eigenvalue weighted by atomic mass is 32.2. The molecule has 0 fully saturated rings. The molecule has 2 aromatic carbocycles. The van der Waals surface area contributed by atoms with Gasteiger partial charge >= 0.3 is 5.97 Å². The first kappa shape index (κ1) is 21.7. The average Bonchev–Trinajstić information content (AvgIpc) is 3.12. The monoisotopic (exact) mass is 443 g/mol. The molecule has 1 aromatic heterocycles. The lowest BCUT2D eigenvalue weighted by atomic mass is 10.1. The van der Waals surface area contributed by atoms with Gasteiger partial charge in [0.25, 0.3) is 5.91 Å². The van der Waals surface area contributed by atoms with Crippen LogP contribution in [0.4, 0.5) is 5.00 Å². The first-order chi connectivity index (χ1) is 14.3. The number of nitrogens with one attached hydrogen (secondary N) is 1. The van der Waals surface area contributed by atoms with Crippen molar-refractivity contribution in [1.82, 2.24) is 0 Å². The number of sulfone groups is 1. The molecular weight excluding hydrogens is 422 g/mol. The maximum atomic E-state index is 12.7. The summed E-state index contributed by atoms with van der Waals surface area (Å²) in [4.78, 5) is 25.9. The van der Waals surface area contributed by atoms with Crippen molar-refractivity contribution in [3.63, 3.8) is 0 Å². The van der Waals surface area contributed by atoms with E-state index in [2.05, 4.69) is 5.32 Å². The Morgan fingerprint density at radius 2 is 1.70 bits per heavy atom. The van der Waals surface area contributed by atoms with E-state index in [-0.39, 0.29) is 12.4 Å². The lowest BCUT2D eigenvalue weighted by Gasteiger charge is -2.07. The normalized spacial score (nSPS) is 11.1. The molecule has 3 aromatic rings. The fraction of sp³-hybridized carbons (Fsp3) is 0.182. The molecule has 0 saturated heterocycles. The van der Waals surface area contributed by atoms with E-state index in [1.165, 1.54) is 11.3 Å². The molecule has 0 unspecified atom stereocenters. The molecule has 0 bridgehead atoms. The standard InChI is InChI=1S/C22H21NO5S2/c1-3-28-22(25)18-13-19(16-7-5-4-6-8-16)29-21(18)23-20(24)17-11-9-15(10-12-17)14-30(2,26)27/h4-13H,3,14H2,1-2H3,(H,23,24). The Hall–Kier alpha value is -2.97. The van der Waals surface area contributed by atoms with Crippen LogP contribution < -0.4 is 5.32 Å². The number of hydrogen-bond donors (Lipinski definition) is 1. The number of hydrogen-bond acceptors (Lipinski definition) is 6. The third-order valence-corrected chi connectivity index (χ3v) is 6.12. The number of amides is 1. The zero-order valence-corrected chi connectivity index (χ0v) is 18.2. The number of carbonyl (C=O) groups excluding carboxylic acids is 2. The fourth-order valence-electron chi connectivity index (χ4n) is 2.82. The van der Waals surface area contributed by atoms with Crippen molar-refractivity contribution < 1.29 is 22.7 Å². The number of rotatable bonds is 7. The Kier molecular flexibility index (Phi) is 6.69. The molecule has 0 spiro atoms. The average molecular weight is 444 g/mol. The summed E-state index contributed by atoms with van der Waals surface area (Å²) in [5, 5.41) is 3.18. The van der Waals surface area contributed by atoms with Crippen molar-refractivity contribution in [3.8, 4) is 10.4 Å². The molecule has 0 aliphatic rings. The van der Waals surface area contributed by atoms with Crippen LogP contribution >= 0.6 is 11.3 Å². The van der Waals surface area contributed by atoms with E-state index in [0.29, 0.717) is 21.7 Å². The molecule has 8 heteroatoms. The second-order valence-electron chi connectivity index (χ2n) is 6.66. The van der Waals surface area contributed by atoms with Gasteiger partial charge in [-0.25, -0.2) is 13.2 Å². The maximum absolute atomic E-state index is 12.7. The van der Waals surface area contributed by atoms with E-state index in [1.807, 2.05) is 30.3 Å². The molecule has 156 valence electrons. The van der Waals surface area contributed by atoms with Crippen molar-refractivity contribution >= 4 is 38.1 Å². The van der Waals surface area contributed by atoms with Gasteiger partial charge in [0.15, 0.2) is 9.84 Å². The number of carbonyl (C=O) groups is 2. The van der Waals surface area contributed by atoms with Crippen molar-refractivity contribution in [1.29, 1.82) is 0 Å². The van der Waals surface area contributed by atoms with Gasteiger partial charge in [0, 0.05) is 16.7 Å². The van der Waals surface area contributed by atoms with Gasteiger partial charge in [0.2, 0.25) is 0 Å². The first-order valence-electron chi connectivity index (χ1n) is 9.21. The Bertz CT molecular complexity index is 1150. The van der Waals surface area contributed by atoms with Gasteiger partial charge in [-0.05, 0) is 36.2 Å². The second kappa shape index (κ2) is 9.23. The number of benzene rings is 2. The van der Waals surface area contributed by atoms with Gasteiger partial charge < -0.3 is 10.1 Å². The third-order valence-electron chi connectivity index (χ3n) is 4.16. The molecule has 30 heavy (non-hydrogen) atoms. The van der Waals surface area contributed by atoms with Gasteiger partial charge in [-0.2, -0.15) is 0 Å². The van der Waals surface area contributed by atoms with E-state index in [4.69, 9.17) is 4.74 Å². The van der Waals surface area contributed by atoms with Crippen molar-refractivity contribution in [2.75, 3.05) is 18.2 Å². The summed E-state index contributed by atoms with van der Waals surface area (Å²) in [7, 11) is -3.15. The Morgan fingerprint density at radius 3 is 2.30 bits per heavy atom. The summed E-state index contributed by atoms with van der Waals surface area (Å²) in [6.45, 7) is 1.95. The van der Waals surface area contributed by atoms with Crippen LogP contribution in [-0.2, 0) is 20.3 Å². The Labute approximate surface area is 179 Å². The molecule has 3 rings (SSSR count). The molecule has 1 heterocycles. The number of thiophene rings is 1. The molecule has 0 aliphatic heterocycles. The van der Waals surface area contributed by atoms with Crippen LogP contribution in [0.5, 0.6) is 0 Å². The fourth-order valence-corrected chi connectivity index (χ4v) is 4.66. The van der Waals surface area contributed by atoms with E-state index >= 15 is 0 Å². The largest absolute Gasteiger partial charge is 0.462 e. The van der Waals surface area contributed by atoms with Crippen LogP contribution in [0.15, 0.2) is 60.7 Å². The summed E-state index contributed by atoms with van der Waals surface area (Å²) < 4.78 is 28.0. The van der Waals surface area contributed by atoms with E-state index in [1.54, 1.807) is 37.3 Å². The summed E-state index contributed by atoms with van der Waals surface area (Å²) in [5.74, 6) is -0.990. The highest BCUT2D eigenvalue weighted by molar-refractivity contribution is 7.89. The predicted octanol–water partition coefficient (Wildman–Crippen LogP) is 4.39. The van der Waals surface area contributed by atoms with Gasteiger partial charge in [0.1, 0.15) is 5.00 Å². The number of esters is 1. The van der Waals surface area contributed by atoms with Crippen molar-refractivity contribution in [2.45, 2.75) is 12.7 Å². The van der Waals surface area contributed by atoms with Crippen LogP contribution in [0.3, 0.4) is 0 Å². The minimum atomic E-state index is -3.15. The second-order valence-corrected chi connectivity index (χ2v) is 9.85. The summed E-state index contributed by atoms with van der Waals surface area (Å²) in [5.41, 5.74) is 2.18. The van der Waals surface area contributed by atoms with E-state index in [0.717, 1.165) is 16.7 Å². The molecule has 1 amide bonds. The smallest absolute Gasteiger partial charge is 0.341 e. The van der Waals surface area contributed by atoms with Crippen LogP contribution in [0, 0.1) is 0 Å². The molecule has 0 atom stereocenters. The van der Waals surface area contributed by atoms with Crippen LogP contribution in [0.25, 0.3) is 10.4 Å². The zero-order chi connectivity index (χ0) is 21.7. The molecular formula is C22H21NO5S2. The van der Waals surface area contributed by atoms with Gasteiger partial charge in [-0.3, -0.25) is 4.79 Å². The zero-order valence-electron chi connectivity index (χ0n) is 16.5. The highest BCUT2D eigenvalue weighted by Gasteiger charge is 2.20. The summed E-state index contributed by atoms with van der Waals surface area (Å²) in [6.07, 6.45) is 1.16. The van der Waals surface area contributed by atoms with Crippen LogP contribution in [-0.4, -0.2) is 33.2 Å². The minimum Gasteiger partial charge on any atom is -0.462 e. The maximum Gasteiger partial charge on any atom is 0.341 e. The molecule has 0 saturated carbocycles. The molecule has 0 aliphatic carbocycles. The van der Waals surface area contributed by atoms with Crippen molar-refractivity contribution in [3.05, 3.63) is 77.4 Å². The van der Waals surface area contributed by atoms with Gasteiger partial charge in [0.05, 0.1) is 17.9 Å². The lowest BCUT2D eigenvalue weighted by Crippen LogP contribution is -2.14. The van der Waals surface area contributed by atoms with Crippen LogP contribution in [0.1, 0.15) is 33.2 Å². The number of ether oxygens (including phenoxy) is 1.